The topological polar surface area (TPSA) is 56.3 Å². The smallest absolute Gasteiger partial charge is 0.313 e. The minimum Gasteiger partial charge on any atom is -0.463 e. The molecule has 0 bridgehead atoms. The minimum absolute atomic E-state index is 0.210. The van der Waals surface area contributed by atoms with E-state index >= 15 is 0 Å². The van der Waals surface area contributed by atoms with Crippen LogP contribution in [0.25, 0.3) is 10.9 Å². The highest BCUT2D eigenvalue weighted by atomic mass is 16.5. The van der Waals surface area contributed by atoms with E-state index in [0.717, 1.165) is 10.9 Å². The summed E-state index contributed by atoms with van der Waals surface area (Å²) in [5.41, 5.74) is 1.22. The molecule has 2 rings (SSSR count). The molecule has 98 valence electrons. The molecule has 0 radical (unpaired) electrons. The van der Waals surface area contributed by atoms with Crippen molar-refractivity contribution in [3.63, 3.8) is 0 Å². The molecule has 4 nitrogen and oxygen atoms in total. The molecule has 0 N–H and O–H groups in total. The van der Waals surface area contributed by atoms with Crippen LogP contribution in [0.15, 0.2) is 36.5 Å². The van der Waals surface area contributed by atoms with Crippen LogP contribution in [0.1, 0.15) is 30.6 Å². The highest BCUT2D eigenvalue weighted by molar-refractivity contribution is 6.07. The molecule has 1 aromatic carbocycles. The van der Waals surface area contributed by atoms with E-state index in [4.69, 9.17) is 4.74 Å². The minimum atomic E-state index is -0.499. The Bertz CT molecular complexity index is 620. The Balaban J connectivity index is 2.15. The van der Waals surface area contributed by atoms with Gasteiger partial charge in [0.05, 0.1) is 11.6 Å². The molecule has 0 saturated heterocycles. The first-order chi connectivity index (χ1) is 9.06. The molecule has 2 aromatic rings. The number of carbonyl (C=O) groups is 2. The van der Waals surface area contributed by atoms with Crippen LogP contribution >= 0.6 is 0 Å². The van der Waals surface area contributed by atoms with Gasteiger partial charge in [-0.3, -0.25) is 14.6 Å². The fraction of sp³-hybridized carbons (Fsp3) is 0.267. The van der Waals surface area contributed by atoms with E-state index in [1.165, 1.54) is 0 Å². The summed E-state index contributed by atoms with van der Waals surface area (Å²) in [4.78, 5) is 27.6. The van der Waals surface area contributed by atoms with E-state index in [-0.39, 0.29) is 18.3 Å². The lowest BCUT2D eigenvalue weighted by Crippen LogP contribution is -2.15. The summed E-state index contributed by atoms with van der Waals surface area (Å²) in [6.45, 7) is 3.50. The molecule has 4 heteroatoms. The summed E-state index contributed by atoms with van der Waals surface area (Å²) in [5, 5.41) is 0.962. The second-order valence-electron chi connectivity index (χ2n) is 4.55. The Hall–Kier alpha value is -2.23. The third kappa shape index (κ3) is 3.37. The number of nitrogens with zero attached hydrogens (tertiary/aromatic N) is 1. The first-order valence-corrected chi connectivity index (χ1v) is 6.14. The van der Waals surface area contributed by atoms with E-state index in [1.54, 1.807) is 32.2 Å². The summed E-state index contributed by atoms with van der Waals surface area (Å²) in [6.07, 6.45) is 1.22. The van der Waals surface area contributed by atoms with Crippen LogP contribution in [-0.2, 0) is 9.53 Å². The van der Waals surface area contributed by atoms with Crippen molar-refractivity contribution in [2.24, 2.45) is 0 Å². The maximum absolute atomic E-state index is 12.0. The third-order valence-corrected chi connectivity index (χ3v) is 2.60. The van der Waals surface area contributed by atoms with Gasteiger partial charge in [-0.1, -0.05) is 18.2 Å². The zero-order valence-corrected chi connectivity index (χ0v) is 10.9. The van der Waals surface area contributed by atoms with Crippen molar-refractivity contribution < 1.29 is 14.3 Å². The molecule has 0 aliphatic rings. The van der Waals surface area contributed by atoms with Gasteiger partial charge in [0.2, 0.25) is 0 Å². The molecule has 1 heterocycles. The normalized spacial score (nSPS) is 10.7. The molecular formula is C15H15NO3. The van der Waals surface area contributed by atoms with Crippen LogP contribution < -0.4 is 0 Å². The fourth-order valence-corrected chi connectivity index (χ4v) is 1.78. The van der Waals surface area contributed by atoms with Crippen LogP contribution in [0.3, 0.4) is 0 Å². The Kier molecular flexibility index (Phi) is 3.90. The molecule has 0 fully saturated rings. The predicted octanol–water partition coefficient (Wildman–Crippen LogP) is 2.76. The number of fused-ring (bicyclic) bond motifs is 1. The lowest BCUT2D eigenvalue weighted by Gasteiger charge is -2.07. The number of hydrogen-bond donors (Lipinski definition) is 0. The van der Waals surface area contributed by atoms with Gasteiger partial charge in [0.1, 0.15) is 6.42 Å². The standard InChI is InChI=1S/C15H15NO3/c1-10(2)19-15(18)9-14(17)12-6-5-11-4-3-7-16-13(11)8-12/h3-8,10H,9H2,1-2H3. The van der Waals surface area contributed by atoms with Gasteiger partial charge in [-0.05, 0) is 26.0 Å². The highest BCUT2D eigenvalue weighted by Gasteiger charge is 2.14. The van der Waals surface area contributed by atoms with Crippen LogP contribution in [-0.4, -0.2) is 22.8 Å². The van der Waals surface area contributed by atoms with E-state index < -0.39 is 5.97 Å². The summed E-state index contributed by atoms with van der Waals surface area (Å²) < 4.78 is 4.95. The molecule has 0 aliphatic heterocycles. The van der Waals surface area contributed by atoms with Gasteiger partial charge in [0.25, 0.3) is 0 Å². The number of rotatable bonds is 4. The van der Waals surface area contributed by atoms with E-state index in [2.05, 4.69) is 4.98 Å². The summed E-state index contributed by atoms with van der Waals surface area (Å²) in [7, 11) is 0. The molecule has 0 amide bonds. The second-order valence-corrected chi connectivity index (χ2v) is 4.55. The molecule has 0 aliphatic carbocycles. The number of aromatic nitrogens is 1. The van der Waals surface area contributed by atoms with Gasteiger partial charge >= 0.3 is 5.97 Å². The van der Waals surface area contributed by atoms with Gasteiger partial charge in [-0.25, -0.2) is 0 Å². The molecule has 0 spiro atoms. The number of esters is 1. The number of hydrogen-bond acceptors (Lipinski definition) is 4. The zero-order chi connectivity index (χ0) is 13.8. The molecule has 0 unspecified atom stereocenters. The molecular weight excluding hydrogens is 242 g/mol. The number of ether oxygens (including phenoxy) is 1. The van der Waals surface area contributed by atoms with Crippen LogP contribution in [0.4, 0.5) is 0 Å². The van der Waals surface area contributed by atoms with Gasteiger partial charge in [0.15, 0.2) is 5.78 Å². The van der Waals surface area contributed by atoms with Crippen molar-refractivity contribution in [3.05, 3.63) is 42.1 Å². The molecule has 0 atom stereocenters. The summed E-state index contributed by atoms with van der Waals surface area (Å²) in [5.74, 6) is -0.751. The predicted molar refractivity (Wildman–Crippen MR) is 71.9 cm³/mol. The van der Waals surface area contributed by atoms with Crippen molar-refractivity contribution in [2.45, 2.75) is 26.4 Å². The van der Waals surface area contributed by atoms with Crippen molar-refractivity contribution in [1.29, 1.82) is 0 Å². The first-order valence-electron chi connectivity index (χ1n) is 6.14. The SMILES string of the molecule is CC(C)OC(=O)CC(=O)c1ccc2cccnc2c1. The van der Waals surface area contributed by atoms with Crippen LogP contribution in [0, 0.1) is 0 Å². The van der Waals surface area contributed by atoms with Gasteiger partial charge in [-0.2, -0.15) is 0 Å². The van der Waals surface area contributed by atoms with Gasteiger partial charge in [-0.15, -0.1) is 0 Å². The number of pyridine rings is 1. The zero-order valence-electron chi connectivity index (χ0n) is 10.9. The second kappa shape index (κ2) is 5.61. The van der Waals surface area contributed by atoms with Crippen LogP contribution in [0.2, 0.25) is 0 Å². The van der Waals surface area contributed by atoms with Gasteiger partial charge < -0.3 is 4.74 Å². The number of Topliss-reactive ketones (excluding diaryl/α,β-unsaturated/α-hetero) is 1. The molecule has 0 saturated carbocycles. The Morgan fingerprint density at radius 1 is 1.26 bits per heavy atom. The van der Waals surface area contributed by atoms with Crippen molar-refractivity contribution in [1.82, 2.24) is 4.98 Å². The monoisotopic (exact) mass is 257 g/mol. The van der Waals surface area contributed by atoms with E-state index in [1.807, 2.05) is 18.2 Å². The van der Waals surface area contributed by atoms with Crippen molar-refractivity contribution in [3.8, 4) is 0 Å². The maximum atomic E-state index is 12.0. The average molecular weight is 257 g/mol. The van der Waals surface area contributed by atoms with Crippen molar-refractivity contribution >= 4 is 22.7 Å². The fourth-order valence-electron chi connectivity index (χ4n) is 1.78. The number of ketones is 1. The number of carbonyl (C=O) groups excluding carboxylic acids is 2. The third-order valence-electron chi connectivity index (χ3n) is 2.60. The Labute approximate surface area is 111 Å². The maximum Gasteiger partial charge on any atom is 0.313 e. The van der Waals surface area contributed by atoms with Gasteiger partial charge in [0, 0.05) is 17.1 Å². The molecule has 19 heavy (non-hydrogen) atoms. The van der Waals surface area contributed by atoms with E-state index in [0.29, 0.717) is 5.56 Å². The largest absolute Gasteiger partial charge is 0.463 e. The highest BCUT2D eigenvalue weighted by Crippen LogP contribution is 2.14. The summed E-state index contributed by atoms with van der Waals surface area (Å²) >= 11 is 0. The Morgan fingerprint density at radius 3 is 2.79 bits per heavy atom. The van der Waals surface area contributed by atoms with Crippen LogP contribution in [0.5, 0.6) is 0 Å². The van der Waals surface area contributed by atoms with E-state index in [9.17, 15) is 9.59 Å². The lowest BCUT2D eigenvalue weighted by atomic mass is 10.1. The molecule has 1 aromatic heterocycles. The summed E-state index contributed by atoms with van der Waals surface area (Å²) in [6, 6.07) is 8.98. The number of benzene rings is 1. The quantitative estimate of drug-likeness (QED) is 0.480. The van der Waals surface area contributed by atoms with Crippen molar-refractivity contribution in [2.75, 3.05) is 0 Å². The lowest BCUT2D eigenvalue weighted by molar-refractivity contribution is -0.146. The first kappa shape index (κ1) is 13.2. The average Bonchev–Trinajstić information content (AvgIpc) is 2.37. The Morgan fingerprint density at radius 2 is 2.05 bits per heavy atom.